The summed E-state index contributed by atoms with van der Waals surface area (Å²) in [4.78, 5) is 0.0538. The van der Waals surface area contributed by atoms with E-state index in [1.807, 2.05) is 6.07 Å². The number of hydrogen-bond donors (Lipinski definition) is 3. The molecule has 3 aromatic carbocycles. The molecule has 0 fully saturated rings. The first-order valence-corrected chi connectivity index (χ1v) is 10.9. The van der Waals surface area contributed by atoms with Crippen molar-refractivity contribution in [3.63, 3.8) is 0 Å². The lowest BCUT2D eigenvalue weighted by atomic mass is 10.2. The van der Waals surface area contributed by atoms with E-state index in [0.29, 0.717) is 11.4 Å². The van der Waals surface area contributed by atoms with Crippen LogP contribution < -0.4 is 15.4 Å². The van der Waals surface area contributed by atoms with Gasteiger partial charge < -0.3 is 10.6 Å². The Bertz CT molecular complexity index is 1190. The molecule has 0 bridgehead atoms. The van der Waals surface area contributed by atoms with E-state index >= 15 is 0 Å². The zero-order chi connectivity index (χ0) is 22.6. The molecule has 10 heteroatoms. The first kappa shape index (κ1) is 22.6. The van der Waals surface area contributed by atoms with Gasteiger partial charge in [-0.25, -0.2) is 8.42 Å². The normalized spacial score (nSPS) is 11.6. The van der Waals surface area contributed by atoms with E-state index < -0.39 is 21.8 Å². The Balaban J connectivity index is 1.66. The van der Waals surface area contributed by atoms with Gasteiger partial charge in [0, 0.05) is 11.4 Å². The lowest BCUT2D eigenvalue weighted by molar-refractivity contribution is -0.137. The molecule has 0 saturated carbocycles. The monoisotopic (exact) mass is 465 g/mol. The lowest BCUT2D eigenvalue weighted by Gasteiger charge is -2.13. The van der Waals surface area contributed by atoms with Gasteiger partial charge in [0.15, 0.2) is 5.11 Å². The number of sulfonamides is 1. The molecule has 5 nitrogen and oxygen atoms in total. The summed E-state index contributed by atoms with van der Waals surface area (Å²) >= 11 is 5.13. The standard InChI is InChI=1S/C21H18F3N3O2S2/c1-14-5-2-3-8-19(14)27-31(28,29)18-11-9-16(10-12-18)25-20(30)26-17-7-4-6-15(13-17)21(22,23)24/h2-13,27H,1H3,(H2,25,26,30). The fraction of sp³-hybridized carbons (Fsp3) is 0.0952. The Morgan fingerprint density at radius 3 is 2.16 bits per heavy atom. The van der Waals surface area contributed by atoms with Gasteiger partial charge in [0.2, 0.25) is 0 Å². The first-order valence-electron chi connectivity index (χ1n) is 8.98. The van der Waals surface area contributed by atoms with Crippen molar-refractivity contribution in [2.24, 2.45) is 0 Å². The van der Waals surface area contributed by atoms with Gasteiger partial charge in [-0.05, 0) is 73.2 Å². The van der Waals surface area contributed by atoms with E-state index in [1.165, 1.54) is 36.4 Å². The Kier molecular flexibility index (Phi) is 6.51. The third-order valence-corrected chi connectivity index (χ3v) is 5.85. The molecule has 0 heterocycles. The van der Waals surface area contributed by atoms with E-state index in [0.717, 1.165) is 17.7 Å². The van der Waals surface area contributed by atoms with Crippen LogP contribution in [-0.4, -0.2) is 13.5 Å². The molecule has 3 N–H and O–H groups in total. The Labute approximate surface area is 183 Å². The second-order valence-electron chi connectivity index (χ2n) is 6.60. The summed E-state index contributed by atoms with van der Waals surface area (Å²) in [6, 6.07) is 17.5. The molecule has 162 valence electrons. The van der Waals surface area contributed by atoms with E-state index in [1.54, 1.807) is 25.1 Å². The zero-order valence-electron chi connectivity index (χ0n) is 16.2. The largest absolute Gasteiger partial charge is 0.416 e. The highest BCUT2D eigenvalue weighted by atomic mass is 32.2. The van der Waals surface area contributed by atoms with Crippen molar-refractivity contribution in [1.82, 2.24) is 0 Å². The molecule has 0 aromatic heterocycles. The van der Waals surface area contributed by atoms with Crippen molar-refractivity contribution in [2.75, 3.05) is 15.4 Å². The molecule has 0 aliphatic rings. The molecule has 0 unspecified atom stereocenters. The second kappa shape index (κ2) is 8.94. The minimum absolute atomic E-state index is 0.0538. The molecular formula is C21H18F3N3O2S2. The third kappa shape index (κ3) is 5.96. The van der Waals surface area contributed by atoms with Gasteiger partial charge >= 0.3 is 6.18 Å². The molecule has 0 saturated heterocycles. The number of aryl methyl sites for hydroxylation is 1. The smallest absolute Gasteiger partial charge is 0.332 e. The van der Waals surface area contributed by atoms with Gasteiger partial charge in [0.25, 0.3) is 10.0 Å². The van der Waals surface area contributed by atoms with E-state index in [-0.39, 0.29) is 15.7 Å². The third-order valence-electron chi connectivity index (χ3n) is 4.26. The van der Waals surface area contributed by atoms with Gasteiger partial charge in [-0.1, -0.05) is 24.3 Å². The number of halogens is 3. The van der Waals surface area contributed by atoms with Crippen LogP contribution in [0.4, 0.5) is 30.2 Å². The van der Waals surface area contributed by atoms with Crippen molar-refractivity contribution >= 4 is 44.4 Å². The van der Waals surface area contributed by atoms with Crippen molar-refractivity contribution < 1.29 is 21.6 Å². The molecule has 31 heavy (non-hydrogen) atoms. The maximum Gasteiger partial charge on any atom is 0.416 e. The average Bonchev–Trinajstić information content (AvgIpc) is 2.69. The summed E-state index contributed by atoms with van der Waals surface area (Å²) in [6.07, 6.45) is -4.46. The maximum atomic E-state index is 12.8. The van der Waals surface area contributed by atoms with Crippen LogP contribution >= 0.6 is 12.2 Å². The number of benzene rings is 3. The molecule has 0 radical (unpaired) electrons. The van der Waals surface area contributed by atoms with Gasteiger partial charge in [0.1, 0.15) is 0 Å². The highest BCUT2D eigenvalue weighted by Gasteiger charge is 2.30. The minimum Gasteiger partial charge on any atom is -0.332 e. The molecular weight excluding hydrogens is 447 g/mol. The Morgan fingerprint density at radius 2 is 1.52 bits per heavy atom. The summed E-state index contributed by atoms with van der Waals surface area (Å²) in [5.41, 5.74) is 1.12. The molecule has 3 aromatic rings. The van der Waals surface area contributed by atoms with Gasteiger partial charge in [-0.15, -0.1) is 0 Å². The number of nitrogens with one attached hydrogen (secondary N) is 3. The fourth-order valence-corrected chi connectivity index (χ4v) is 4.04. The fourth-order valence-electron chi connectivity index (χ4n) is 2.68. The summed E-state index contributed by atoms with van der Waals surface area (Å²) < 4.78 is 66.1. The Morgan fingerprint density at radius 1 is 0.871 bits per heavy atom. The summed E-state index contributed by atoms with van der Waals surface area (Å²) in [5.74, 6) is 0. The van der Waals surface area contributed by atoms with E-state index in [4.69, 9.17) is 12.2 Å². The van der Waals surface area contributed by atoms with Crippen LogP contribution in [0, 0.1) is 6.92 Å². The highest BCUT2D eigenvalue weighted by molar-refractivity contribution is 7.92. The second-order valence-corrected chi connectivity index (χ2v) is 8.69. The zero-order valence-corrected chi connectivity index (χ0v) is 17.8. The van der Waals surface area contributed by atoms with Crippen molar-refractivity contribution in [3.8, 4) is 0 Å². The van der Waals surface area contributed by atoms with Crippen LogP contribution in [0.1, 0.15) is 11.1 Å². The summed E-state index contributed by atoms with van der Waals surface area (Å²) in [7, 11) is -3.78. The number of rotatable bonds is 5. The Hall–Kier alpha value is -3.11. The van der Waals surface area contributed by atoms with Crippen LogP contribution in [-0.2, 0) is 16.2 Å². The molecule has 0 aliphatic carbocycles. The van der Waals surface area contributed by atoms with E-state index in [2.05, 4.69) is 15.4 Å². The molecule has 0 aliphatic heterocycles. The number of thiocarbonyl (C=S) groups is 1. The van der Waals surface area contributed by atoms with Crippen molar-refractivity contribution in [3.05, 3.63) is 83.9 Å². The topological polar surface area (TPSA) is 70.2 Å². The predicted molar refractivity (Wildman–Crippen MR) is 120 cm³/mol. The quantitative estimate of drug-likeness (QED) is 0.427. The van der Waals surface area contributed by atoms with Crippen LogP contribution in [0.3, 0.4) is 0 Å². The van der Waals surface area contributed by atoms with Gasteiger partial charge in [-0.2, -0.15) is 13.2 Å². The first-order chi connectivity index (χ1) is 14.5. The SMILES string of the molecule is Cc1ccccc1NS(=O)(=O)c1ccc(NC(=S)Nc2cccc(C(F)(F)F)c2)cc1. The van der Waals surface area contributed by atoms with Crippen molar-refractivity contribution in [2.45, 2.75) is 18.0 Å². The molecule has 0 amide bonds. The molecule has 3 rings (SSSR count). The lowest BCUT2D eigenvalue weighted by Crippen LogP contribution is -2.19. The summed E-state index contributed by atoms with van der Waals surface area (Å²) in [6.45, 7) is 1.79. The van der Waals surface area contributed by atoms with Crippen LogP contribution in [0.15, 0.2) is 77.7 Å². The van der Waals surface area contributed by atoms with Crippen molar-refractivity contribution in [1.29, 1.82) is 0 Å². The maximum absolute atomic E-state index is 12.8. The van der Waals surface area contributed by atoms with Gasteiger partial charge in [0.05, 0.1) is 16.1 Å². The number of anilines is 3. The number of alkyl halides is 3. The van der Waals surface area contributed by atoms with Gasteiger partial charge in [-0.3, -0.25) is 4.72 Å². The van der Waals surface area contributed by atoms with E-state index in [9.17, 15) is 21.6 Å². The minimum atomic E-state index is -4.46. The average molecular weight is 466 g/mol. The molecule has 0 atom stereocenters. The number of para-hydroxylation sites is 1. The predicted octanol–water partition coefficient (Wildman–Crippen LogP) is 5.62. The summed E-state index contributed by atoms with van der Waals surface area (Å²) in [5, 5.41) is 5.55. The highest BCUT2D eigenvalue weighted by Crippen LogP contribution is 2.30. The van der Waals surface area contributed by atoms with Crippen LogP contribution in [0.2, 0.25) is 0 Å². The van der Waals surface area contributed by atoms with Crippen LogP contribution in [0.25, 0.3) is 0 Å². The number of hydrogen-bond acceptors (Lipinski definition) is 3. The molecule has 0 spiro atoms. The van der Waals surface area contributed by atoms with Crippen LogP contribution in [0.5, 0.6) is 0 Å².